The van der Waals surface area contributed by atoms with Crippen LogP contribution in [0.25, 0.3) is 43.1 Å². The highest BCUT2D eigenvalue weighted by Crippen LogP contribution is 2.44. The third-order valence-electron chi connectivity index (χ3n) is 5.76. The Kier molecular flexibility index (Phi) is 3.84. The summed E-state index contributed by atoms with van der Waals surface area (Å²) in [6, 6.07) is 11.6. The summed E-state index contributed by atoms with van der Waals surface area (Å²) in [4.78, 5) is 47.7. The van der Waals surface area contributed by atoms with Gasteiger partial charge in [0.2, 0.25) is 0 Å². The van der Waals surface area contributed by atoms with Crippen LogP contribution >= 0.6 is 0 Å². The van der Waals surface area contributed by atoms with Crippen molar-refractivity contribution in [2.45, 2.75) is 0 Å². The van der Waals surface area contributed by atoms with Gasteiger partial charge in [-0.2, -0.15) is 0 Å². The molecule has 5 rings (SSSR count). The molecule has 0 saturated heterocycles. The Morgan fingerprint density at radius 2 is 1.22 bits per heavy atom. The molecule has 0 aliphatic carbocycles. The van der Waals surface area contributed by atoms with Crippen molar-refractivity contribution in [3.8, 4) is 0 Å². The molecule has 0 saturated carbocycles. The average Bonchev–Trinajstić information content (AvgIpc) is 2.75. The van der Waals surface area contributed by atoms with Crippen LogP contribution in [-0.2, 0) is 0 Å². The van der Waals surface area contributed by atoms with Crippen LogP contribution in [0.5, 0.6) is 0 Å². The minimum atomic E-state index is -1.47. The van der Waals surface area contributed by atoms with Crippen molar-refractivity contribution in [2.75, 3.05) is 0 Å². The number of carboxylic acid groups (broad SMARTS) is 4. The van der Waals surface area contributed by atoms with Crippen LogP contribution in [0.15, 0.2) is 48.5 Å². The van der Waals surface area contributed by atoms with Crippen LogP contribution in [0, 0.1) is 0 Å². The second-order valence-corrected chi connectivity index (χ2v) is 7.41. The van der Waals surface area contributed by atoms with Gasteiger partial charge in [-0.25, -0.2) is 19.2 Å². The summed E-state index contributed by atoms with van der Waals surface area (Å²) < 4.78 is 0. The Hall–Kier alpha value is -4.72. The van der Waals surface area contributed by atoms with Crippen molar-refractivity contribution in [1.29, 1.82) is 0 Å². The molecular weight excluding hydrogens is 416 g/mol. The number of hydrogen-bond acceptors (Lipinski definition) is 4. The predicted octanol–water partition coefficient (Wildman–Crippen LogP) is 4.53. The molecule has 0 unspecified atom stereocenters. The summed E-state index contributed by atoms with van der Waals surface area (Å²) in [6.07, 6.45) is 0. The lowest BCUT2D eigenvalue weighted by atomic mass is 9.84. The molecule has 5 aromatic rings. The van der Waals surface area contributed by atoms with Gasteiger partial charge in [0.1, 0.15) is 0 Å². The van der Waals surface area contributed by atoms with Crippen LogP contribution < -0.4 is 0 Å². The maximum Gasteiger partial charge on any atom is 0.337 e. The van der Waals surface area contributed by atoms with E-state index in [1.807, 2.05) is 0 Å². The molecule has 0 aliphatic rings. The average molecular weight is 428 g/mol. The number of aromatic carboxylic acids is 4. The zero-order valence-corrected chi connectivity index (χ0v) is 16.0. The summed E-state index contributed by atoms with van der Waals surface area (Å²) in [5, 5.41) is 41.7. The van der Waals surface area contributed by atoms with Crippen LogP contribution in [0.3, 0.4) is 0 Å². The van der Waals surface area contributed by atoms with E-state index in [0.717, 1.165) is 0 Å². The Morgan fingerprint density at radius 3 is 1.84 bits per heavy atom. The molecule has 0 heterocycles. The number of hydrogen-bond donors (Lipinski definition) is 4. The number of fused-ring (bicyclic) bond motifs is 2. The molecular formula is C24H12O8. The zero-order valence-electron chi connectivity index (χ0n) is 16.0. The minimum Gasteiger partial charge on any atom is -0.478 e. The largest absolute Gasteiger partial charge is 0.478 e. The van der Waals surface area contributed by atoms with Crippen molar-refractivity contribution in [1.82, 2.24) is 0 Å². The van der Waals surface area contributed by atoms with Gasteiger partial charge < -0.3 is 20.4 Å². The highest BCUT2D eigenvalue weighted by molar-refractivity contribution is 6.38. The van der Waals surface area contributed by atoms with Crippen LogP contribution in [0.4, 0.5) is 0 Å². The number of rotatable bonds is 4. The standard InChI is InChI=1S/C24H12O8/c25-21(26)10-6-9-2-1-3-11-17(9)14(7-10)15-8-16(23(29)30)20(24(31)32)12-4-5-13(22(27)28)18(11)19(12)15/h1-8H,(H,25,26)(H,27,28)(H,29,30)(H,31,32). The van der Waals surface area contributed by atoms with Crippen molar-refractivity contribution in [3.63, 3.8) is 0 Å². The van der Waals surface area contributed by atoms with Crippen LogP contribution in [0.2, 0.25) is 0 Å². The number of carboxylic acids is 4. The molecule has 0 aromatic heterocycles. The maximum atomic E-state index is 12.0. The normalized spacial score (nSPS) is 11.5. The Labute approximate surface area is 177 Å². The number of benzene rings is 5. The highest BCUT2D eigenvalue weighted by atomic mass is 16.4. The van der Waals surface area contributed by atoms with Crippen LogP contribution in [0.1, 0.15) is 41.4 Å². The molecule has 0 spiro atoms. The highest BCUT2D eigenvalue weighted by Gasteiger charge is 2.26. The lowest BCUT2D eigenvalue weighted by Gasteiger charge is -2.18. The van der Waals surface area contributed by atoms with E-state index in [9.17, 15) is 39.6 Å². The zero-order chi connectivity index (χ0) is 22.9. The first-order valence-corrected chi connectivity index (χ1v) is 9.35. The summed E-state index contributed by atoms with van der Waals surface area (Å²) in [6.45, 7) is 0. The topological polar surface area (TPSA) is 149 Å². The summed E-state index contributed by atoms with van der Waals surface area (Å²) in [5.74, 6) is -5.34. The SMILES string of the molecule is O=C(O)c1cc2cccc3c4c(C(=O)O)ccc5c(C(=O)O)c(C(=O)O)cc(c(c1)c23)c54. The fourth-order valence-electron chi connectivity index (χ4n) is 4.57. The van der Waals surface area contributed by atoms with Crippen molar-refractivity contribution in [3.05, 3.63) is 70.8 Å². The van der Waals surface area contributed by atoms with Gasteiger partial charge in [-0.3, -0.25) is 0 Å². The molecule has 156 valence electrons. The molecule has 0 aliphatic heterocycles. The molecule has 0 amide bonds. The maximum absolute atomic E-state index is 12.0. The van der Waals surface area contributed by atoms with Gasteiger partial charge in [0.05, 0.1) is 22.3 Å². The van der Waals surface area contributed by atoms with E-state index in [-0.39, 0.29) is 32.7 Å². The van der Waals surface area contributed by atoms with Gasteiger partial charge >= 0.3 is 23.9 Å². The molecule has 4 N–H and O–H groups in total. The lowest BCUT2D eigenvalue weighted by Crippen LogP contribution is -2.10. The molecule has 5 aromatic carbocycles. The van der Waals surface area contributed by atoms with Crippen LogP contribution in [-0.4, -0.2) is 44.3 Å². The van der Waals surface area contributed by atoms with E-state index < -0.39 is 35.0 Å². The first-order chi connectivity index (χ1) is 15.2. The first kappa shape index (κ1) is 19.3. The van der Waals surface area contributed by atoms with E-state index >= 15 is 0 Å². The van der Waals surface area contributed by atoms with Gasteiger partial charge in [0, 0.05) is 5.39 Å². The second kappa shape index (κ2) is 6.39. The summed E-state index contributed by atoms with van der Waals surface area (Å²) in [5.41, 5.74) is -1.03. The first-order valence-electron chi connectivity index (χ1n) is 9.35. The van der Waals surface area contributed by atoms with Gasteiger partial charge in [-0.15, -0.1) is 0 Å². The van der Waals surface area contributed by atoms with E-state index in [4.69, 9.17) is 0 Å². The van der Waals surface area contributed by atoms with Gasteiger partial charge in [0.15, 0.2) is 0 Å². The van der Waals surface area contributed by atoms with Gasteiger partial charge in [-0.1, -0.05) is 24.3 Å². The fourth-order valence-corrected chi connectivity index (χ4v) is 4.57. The quantitative estimate of drug-likeness (QED) is 0.241. The molecule has 0 radical (unpaired) electrons. The summed E-state index contributed by atoms with van der Waals surface area (Å²) in [7, 11) is 0. The Balaban J connectivity index is 2.23. The van der Waals surface area contributed by atoms with Gasteiger partial charge in [-0.05, 0) is 62.0 Å². The molecule has 0 fully saturated rings. The molecule has 0 bridgehead atoms. The molecule has 8 heteroatoms. The Bertz CT molecular complexity index is 1680. The second-order valence-electron chi connectivity index (χ2n) is 7.41. The third-order valence-corrected chi connectivity index (χ3v) is 5.76. The van der Waals surface area contributed by atoms with Crippen molar-refractivity contribution >= 4 is 67.0 Å². The monoisotopic (exact) mass is 428 g/mol. The van der Waals surface area contributed by atoms with Gasteiger partial charge in [0.25, 0.3) is 0 Å². The van der Waals surface area contributed by atoms with E-state index in [1.165, 1.54) is 30.3 Å². The Morgan fingerprint density at radius 1 is 0.531 bits per heavy atom. The third kappa shape index (κ3) is 2.43. The van der Waals surface area contributed by atoms with Crippen molar-refractivity contribution in [2.24, 2.45) is 0 Å². The molecule has 8 nitrogen and oxygen atoms in total. The van der Waals surface area contributed by atoms with Crippen molar-refractivity contribution < 1.29 is 39.6 Å². The predicted molar refractivity (Wildman–Crippen MR) is 115 cm³/mol. The molecule has 0 atom stereocenters. The minimum absolute atomic E-state index is 0.0326. The summed E-state index contributed by atoms with van der Waals surface area (Å²) >= 11 is 0. The smallest absolute Gasteiger partial charge is 0.337 e. The lowest BCUT2D eigenvalue weighted by molar-refractivity contribution is 0.0653. The number of carbonyl (C=O) groups is 4. The van der Waals surface area contributed by atoms with E-state index in [2.05, 4.69) is 0 Å². The molecule has 32 heavy (non-hydrogen) atoms. The van der Waals surface area contributed by atoms with E-state index in [0.29, 0.717) is 21.5 Å². The van der Waals surface area contributed by atoms with E-state index in [1.54, 1.807) is 18.2 Å². The fraction of sp³-hybridized carbons (Fsp3) is 0.